The van der Waals surface area contributed by atoms with Gasteiger partial charge in [0.2, 0.25) is 0 Å². The average molecular weight is 325 g/mol. The van der Waals surface area contributed by atoms with E-state index in [1.807, 2.05) is 11.8 Å². The van der Waals surface area contributed by atoms with E-state index in [0.717, 1.165) is 37.9 Å². The van der Waals surface area contributed by atoms with E-state index in [9.17, 15) is 13.2 Å². The minimum atomic E-state index is -4.23. The SMILES string of the molecule is CC1(C)CN=C(N2CCN(CCOCC(F)(F)F)CC2)S1. The van der Waals surface area contributed by atoms with Crippen LogP contribution in [0.4, 0.5) is 13.2 Å². The standard InChI is InChI=1S/C13H22F3N3OS/c1-12(2)9-17-11(21-12)19-5-3-18(4-6-19)7-8-20-10-13(14,15)16/h3-10H2,1-2H3. The van der Waals surface area contributed by atoms with Gasteiger partial charge in [-0.2, -0.15) is 13.2 Å². The van der Waals surface area contributed by atoms with Gasteiger partial charge in [-0.15, -0.1) is 0 Å². The number of thioether (sulfide) groups is 1. The Morgan fingerprint density at radius 2 is 1.90 bits per heavy atom. The summed E-state index contributed by atoms with van der Waals surface area (Å²) in [5.74, 6) is 0. The second-order valence-electron chi connectivity index (χ2n) is 5.96. The van der Waals surface area contributed by atoms with Gasteiger partial charge in [-0.3, -0.25) is 9.89 Å². The number of nitrogens with zero attached hydrogens (tertiary/aromatic N) is 3. The highest BCUT2D eigenvalue weighted by Gasteiger charge is 2.31. The van der Waals surface area contributed by atoms with Crippen molar-refractivity contribution in [1.29, 1.82) is 0 Å². The van der Waals surface area contributed by atoms with E-state index >= 15 is 0 Å². The van der Waals surface area contributed by atoms with Gasteiger partial charge >= 0.3 is 6.18 Å². The molecular formula is C13H22F3N3OS. The first-order valence-electron chi connectivity index (χ1n) is 7.10. The third kappa shape index (κ3) is 5.67. The van der Waals surface area contributed by atoms with E-state index < -0.39 is 12.8 Å². The van der Waals surface area contributed by atoms with Crippen LogP contribution in [0.15, 0.2) is 4.99 Å². The molecule has 0 bridgehead atoms. The van der Waals surface area contributed by atoms with Gasteiger partial charge in [0, 0.05) is 37.5 Å². The number of aliphatic imine (C=N–C) groups is 1. The lowest BCUT2D eigenvalue weighted by Crippen LogP contribution is -2.48. The minimum absolute atomic E-state index is 0.127. The highest BCUT2D eigenvalue weighted by molar-refractivity contribution is 8.15. The van der Waals surface area contributed by atoms with Crippen LogP contribution in [0, 0.1) is 0 Å². The van der Waals surface area contributed by atoms with Crippen LogP contribution < -0.4 is 0 Å². The van der Waals surface area contributed by atoms with Gasteiger partial charge in [0.1, 0.15) is 6.61 Å². The van der Waals surface area contributed by atoms with Crippen LogP contribution in [-0.2, 0) is 4.74 Å². The maximum atomic E-state index is 11.9. The highest BCUT2D eigenvalue weighted by atomic mass is 32.2. The molecule has 0 amide bonds. The molecule has 0 aromatic rings. The second-order valence-corrected chi connectivity index (χ2v) is 7.63. The van der Waals surface area contributed by atoms with E-state index in [-0.39, 0.29) is 11.4 Å². The number of alkyl halides is 3. The van der Waals surface area contributed by atoms with Gasteiger partial charge in [0.15, 0.2) is 5.17 Å². The summed E-state index contributed by atoms with van der Waals surface area (Å²) in [4.78, 5) is 8.98. The van der Waals surface area contributed by atoms with Gasteiger partial charge in [0.05, 0.1) is 13.2 Å². The Kier molecular flexibility index (Phi) is 5.43. The Morgan fingerprint density at radius 3 is 2.43 bits per heavy atom. The molecule has 0 radical (unpaired) electrons. The fourth-order valence-electron chi connectivity index (χ4n) is 2.28. The van der Waals surface area contributed by atoms with Crippen molar-refractivity contribution >= 4 is 16.9 Å². The number of piperazine rings is 1. The van der Waals surface area contributed by atoms with Gasteiger partial charge in [-0.05, 0) is 13.8 Å². The topological polar surface area (TPSA) is 28.1 Å². The van der Waals surface area contributed by atoms with Gasteiger partial charge in [0.25, 0.3) is 0 Å². The Hall–Kier alpha value is -0.470. The van der Waals surface area contributed by atoms with E-state index in [1.54, 1.807) is 0 Å². The molecule has 1 fully saturated rings. The second kappa shape index (κ2) is 6.75. The summed E-state index contributed by atoms with van der Waals surface area (Å²) in [7, 11) is 0. The molecule has 2 rings (SSSR count). The first-order valence-corrected chi connectivity index (χ1v) is 7.92. The zero-order valence-corrected chi connectivity index (χ0v) is 13.3. The summed E-state index contributed by atoms with van der Waals surface area (Å²) >= 11 is 1.81. The van der Waals surface area contributed by atoms with E-state index in [0.29, 0.717) is 6.54 Å². The van der Waals surface area contributed by atoms with Crippen molar-refractivity contribution in [2.45, 2.75) is 24.8 Å². The summed E-state index contributed by atoms with van der Waals surface area (Å²) in [6.45, 7) is 8.17. The highest BCUT2D eigenvalue weighted by Crippen LogP contribution is 2.33. The normalized spacial score (nSPS) is 23.5. The summed E-state index contributed by atoms with van der Waals surface area (Å²) in [5.41, 5.74) is 0. The van der Waals surface area contributed by atoms with Crippen LogP contribution in [-0.4, -0.2) is 78.4 Å². The molecule has 2 aliphatic heterocycles. The predicted molar refractivity (Wildman–Crippen MR) is 78.9 cm³/mol. The molecule has 2 heterocycles. The van der Waals surface area contributed by atoms with Crippen LogP contribution in [0.5, 0.6) is 0 Å². The van der Waals surface area contributed by atoms with Crippen LogP contribution in [0.1, 0.15) is 13.8 Å². The Morgan fingerprint density at radius 1 is 1.24 bits per heavy atom. The summed E-state index contributed by atoms with van der Waals surface area (Å²) in [6, 6.07) is 0. The minimum Gasteiger partial charge on any atom is -0.371 e. The molecule has 0 unspecified atom stereocenters. The number of hydrogen-bond acceptors (Lipinski definition) is 5. The fraction of sp³-hybridized carbons (Fsp3) is 0.923. The lowest BCUT2D eigenvalue weighted by Gasteiger charge is -2.35. The molecule has 2 aliphatic rings. The Bertz CT molecular complexity index is 379. The molecule has 0 N–H and O–H groups in total. The third-order valence-electron chi connectivity index (χ3n) is 3.42. The van der Waals surface area contributed by atoms with E-state index in [4.69, 9.17) is 0 Å². The molecule has 0 aliphatic carbocycles. The lowest BCUT2D eigenvalue weighted by molar-refractivity contribution is -0.174. The van der Waals surface area contributed by atoms with Crippen molar-refractivity contribution < 1.29 is 17.9 Å². The zero-order valence-electron chi connectivity index (χ0n) is 12.4. The molecule has 8 heteroatoms. The quantitative estimate of drug-likeness (QED) is 0.740. The molecule has 1 saturated heterocycles. The third-order valence-corrected chi connectivity index (χ3v) is 4.67. The van der Waals surface area contributed by atoms with Crippen LogP contribution in [0.2, 0.25) is 0 Å². The van der Waals surface area contributed by atoms with Crippen molar-refractivity contribution in [2.75, 3.05) is 52.5 Å². The maximum absolute atomic E-state index is 11.9. The zero-order chi connectivity index (χ0) is 15.5. The van der Waals surface area contributed by atoms with Crippen molar-refractivity contribution in [3.8, 4) is 0 Å². The largest absolute Gasteiger partial charge is 0.411 e. The van der Waals surface area contributed by atoms with E-state index in [1.165, 1.54) is 0 Å². The van der Waals surface area contributed by atoms with Crippen molar-refractivity contribution in [1.82, 2.24) is 9.80 Å². The smallest absolute Gasteiger partial charge is 0.371 e. The van der Waals surface area contributed by atoms with Crippen molar-refractivity contribution in [2.24, 2.45) is 4.99 Å². The van der Waals surface area contributed by atoms with Crippen molar-refractivity contribution in [3.05, 3.63) is 0 Å². The molecule has 4 nitrogen and oxygen atoms in total. The fourth-order valence-corrected chi connectivity index (χ4v) is 3.34. The Labute approximate surface area is 127 Å². The van der Waals surface area contributed by atoms with Crippen LogP contribution >= 0.6 is 11.8 Å². The predicted octanol–water partition coefficient (Wildman–Crippen LogP) is 2.06. The lowest BCUT2D eigenvalue weighted by atomic mass is 10.2. The molecule has 0 atom stereocenters. The number of rotatable bonds is 4. The summed E-state index contributed by atoms with van der Waals surface area (Å²) < 4.78 is 40.7. The van der Waals surface area contributed by atoms with Crippen molar-refractivity contribution in [3.63, 3.8) is 0 Å². The molecule has 122 valence electrons. The number of halogens is 3. The van der Waals surface area contributed by atoms with Gasteiger partial charge in [-0.1, -0.05) is 11.8 Å². The molecule has 21 heavy (non-hydrogen) atoms. The molecule has 0 aromatic heterocycles. The molecule has 0 spiro atoms. The summed E-state index contributed by atoms with van der Waals surface area (Å²) in [6.07, 6.45) is -4.23. The monoisotopic (exact) mass is 325 g/mol. The first kappa shape index (κ1) is 16.9. The molecule has 0 saturated carbocycles. The number of hydrogen-bond donors (Lipinski definition) is 0. The first-order chi connectivity index (χ1) is 9.75. The van der Waals surface area contributed by atoms with Gasteiger partial charge < -0.3 is 9.64 Å². The number of amidine groups is 1. The summed E-state index contributed by atoms with van der Waals surface area (Å²) in [5, 5.41) is 1.10. The van der Waals surface area contributed by atoms with E-state index in [2.05, 4.69) is 33.4 Å². The van der Waals surface area contributed by atoms with Gasteiger partial charge in [-0.25, -0.2) is 0 Å². The molecular weight excluding hydrogens is 303 g/mol. The Balaban J connectivity index is 1.63. The van der Waals surface area contributed by atoms with Crippen LogP contribution in [0.3, 0.4) is 0 Å². The number of ether oxygens (including phenoxy) is 1. The van der Waals surface area contributed by atoms with Crippen LogP contribution in [0.25, 0.3) is 0 Å². The average Bonchev–Trinajstić information content (AvgIpc) is 2.75. The molecule has 0 aromatic carbocycles. The maximum Gasteiger partial charge on any atom is 0.411 e.